The maximum atomic E-state index is 5.88. The van der Waals surface area contributed by atoms with Crippen LogP contribution in [0.5, 0.6) is 0 Å². The number of hydrogen-bond acceptors (Lipinski definition) is 3. The van der Waals surface area contributed by atoms with Gasteiger partial charge in [-0.2, -0.15) is 5.10 Å². The van der Waals surface area contributed by atoms with E-state index < -0.39 is 0 Å². The van der Waals surface area contributed by atoms with E-state index in [-0.39, 0.29) is 5.41 Å². The molecule has 5 heteroatoms. The van der Waals surface area contributed by atoms with Crippen LogP contribution in [0.1, 0.15) is 26.6 Å². The average Bonchev–Trinajstić information content (AvgIpc) is 2.93. The minimum Gasteiger partial charge on any atom is -0.384 e. The molecule has 0 fully saturated rings. The quantitative estimate of drug-likeness (QED) is 0.713. The number of aromatic amines is 1. The third-order valence-electron chi connectivity index (χ3n) is 3.53. The van der Waals surface area contributed by atoms with Crippen LogP contribution in [0.2, 0.25) is 0 Å². The van der Waals surface area contributed by atoms with Gasteiger partial charge >= 0.3 is 0 Å². The van der Waals surface area contributed by atoms with Crippen molar-refractivity contribution in [3.8, 4) is 11.1 Å². The molecule has 0 atom stereocenters. The molecule has 0 bridgehead atoms. The normalized spacial score (nSPS) is 12.2. The molecular weight excluding hydrogens is 250 g/mol. The van der Waals surface area contributed by atoms with E-state index in [2.05, 4.69) is 60.8 Å². The summed E-state index contributed by atoms with van der Waals surface area (Å²) in [5.41, 5.74) is 9.94. The van der Waals surface area contributed by atoms with Gasteiger partial charge in [-0.3, -0.25) is 5.10 Å². The summed E-state index contributed by atoms with van der Waals surface area (Å²) in [7, 11) is 2.06. The van der Waals surface area contributed by atoms with E-state index in [0.29, 0.717) is 5.82 Å². The standard InChI is InChI=1S/C15H19N5/c1-15(2,3)14-18-11-7-9(5-6-12(11)20(14)4)10-8-17-19-13(10)16/h5-8H,1-4H3,(H3,16,17,19). The second kappa shape index (κ2) is 4.10. The number of nitrogens with zero attached hydrogens (tertiary/aromatic N) is 3. The lowest BCUT2D eigenvalue weighted by molar-refractivity contribution is 0.526. The summed E-state index contributed by atoms with van der Waals surface area (Å²) in [5.74, 6) is 1.65. The molecule has 104 valence electrons. The summed E-state index contributed by atoms with van der Waals surface area (Å²) in [6.45, 7) is 6.51. The summed E-state index contributed by atoms with van der Waals surface area (Å²) in [6.07, 6.45) is 1.74. The lowest BCUT2D eigenvalue weighted by Crippen LogP contribution is -2.17. The maximum absolute atomic E-state index is 5.88. The van der Waals surface area contributed by atoms with Gasteiger partial charge in [0.25, 0.3) is 0 Å². The van der Waals surface area contributed by atoms with Gasteiger partial charge in [0.15, 0.2) is 0 Å². The van der Waals surface area contributed by atoms with Gasteiger partial charge in [-0.15, -0.1) is 0 Å². The number of imidazole rings is 1. The van der Waals surface area contributed by atoms with Crippen LogP contribution in [0.15, 0.2) is 24.4 Å². The Hall–Kier alpha value is -2.30. The molecule has 2 aromatic heterocycles. The first-order valence-corrected chi connectivity index (χ1v) is 6.64. The lowest BCUT2D eigenvalue weighted by Gasteiger charge is -2.17. The Morgan fingerprint density at radius 1 is 1.25 bits per heavy atom. The number of hydrogen-bond donors (Lipinski definition) is 2. The summed E-state index contributed by atoms with van der Waals surface area (Å²) in [4.78, 5) is 4.78. The number of nitrogen functional groups attached to an aromatic ring is 1. The highest BCUT2D eigenvalue weighted by Crippen LogP contribution is 2.30. The number of fused-ring (bicyclic) bond motifs is 1. The summed E-state index contributed by atoms with van der Waals surface area (Å²) in [6, 6.07) is 6.20. The molecule has 0 unspecified atom stereocenters. The fourth-order valence-corrected chi connectivity index (χ4v) is 2.56. The molecular formula is C15H19N5. The topological polar surface area (TPSA) is 72.5 Å². The van der Waals surface area contributed by atoms with E-state index in [9.17, 15) is 0 Å². The van der Waals surface area contributed by atoms with Crippen molar-refractivity contribution in [3.05, 3.63) is 30.2 Å². The Bertz CT molecular complexity index is 773. The fourth-order valence-electron chi connectivity index (χ4n) is 2.56. The Kier molecular flexibility index (Phi) is 2.61. The van der Waals surface area contributed by atoms with Gasteiger partial charge in [0.1, 0.15) is 11.6 Å². The molecule has 0 spiro atoms. The Balaban J connectivity index is 2.20. The highest BCUT2D eigenvalue weighted by Gasteiger charge is 2.21. The number of nitrogens with two attached hydrogens (primary N) is 1. The van der Waals surface area contributed by atoms with Gasteiger partial charge in [-0.1, -0.05) is 26.8 Å². The molecule has 0 aliphatic carbocycles. The molecule has 0 aliphatic rings. The van der Waals surface area contributed by atoms with Crippen molar-refractivity contribution in [1.29, 1.82) is 0 Å². The number of H-pyrrole nitrogens is 1. The zero-order valence-corrected chi connectivity index (χ0v) is 12.2. The molecule has 0 saturated carbocycles. The Morgan fingerprint density at radius 3 is 2.60 bits per heavy atom. The molecule has 0 radical (unpaired) electrons. The summed E-state index contributed by atoms with van der Waals surface area (Å²) < 4.78 is 2.15. The van der Waals surface area contributed by atoms with Crippen molar-refractivity contribution in [3.63, 3.8) is 0 Å². The first kappa shape index (κ1) is 12.7. The van der Waals surface area contributed by atoms with Crippen molar-refractivity contribution >= 4 is 16.9 Å². The Labute approximate surface area is 117 Å². The number of rotatable bonds is 1. The van der Waals surface area contributed by atoms with Gasteiger partial charge in [0, 0.05) is 18.0 Å². The first-order chi connectivity index (χ1) is 9.38. The highest BCUT2D eigenvalue weighted by molar-refractivity contribution is 5.85. The molecule has 5 nitrogen and oxygen atoms in total. The molecule has 20 heavy (non-hydrogen) atoms. The number of aryl methyl sites for hydroxylation is 1. The van der Waals surface area contributed by atoms with E-state index in [1.165, 1.54) is 0 Å². The van der Waals surface area contributed by atoms with Crippen LogP contribution in [0.25, 0.3) is 22.2 Å². The van der Waals surface area contributed by atoms with Crippen molar-refractivity contribution < 1.29 is 0 Å². The highest BCUT2D eigenvalue weighted by atomic mass is 15.1. The van der Waals surface area contributed by atoms with Gasteiger partial charge < -0.3 is 10.3 Å². The molecule has 3 N–H and O–H groups in total. The second-order valence-electron chi connectivity index (χ2n) is 6.15. The van der Waals surface area contributed by atoms with E-state index in [1.54, 1.807) is 6.20 Å². The molecule has 3 rings (SSSR count). The number of anilines is 1. The van der Waals surface area contributed by atoms with E-state index in [0.717, 1.165) is 28.0 Å². The van der Waals surface area contributed by atoms with Crippen LogP contribution in [-0.4, -0.2) is 19.7 Å². The minimum atomic E-state index is 0.0165. The smallest absolute Gasteiger partial charge is 0.126 e. The molecule has 1 aromatic carbocycles. The van der Waals surface area contributed by atoms with Crippen molar-refractivity contribution in [2.24, 2.45) is 7.05 Å². The molecule has 0 saturated heterocycles. The molecule has 0 aliphatic heterocycles. The van der Waals surface area contributed by atoms with Gasteiger partial charge in [-0.25, -0.2) is 4.98 Å². The van der Waals surface area contributed by atoms with E-state index in [4.69, 9.17) is 10.7 Å². The van der Waals surface area contributed by atoms with Crippen molar-refractivity contribution in [2.45, 2.75) is 26.2 Å². The van der Waals surface area contributed by atoms with Crippen LogP contribution in [-0.2, 0) is 12.5 Å². The average molecular weight is 269 g/mol. The van der Waals surface area contributed by atoms with Gasteiger partial charge in [0.05, 0.1) is 17.2 Å². The fraction of sp³-hybridized carbons (Fsp3) is 0.333. The van der Waals surface area contributed by atoms with Crippen LogP contribution in [0.4, 0.5) is 5.82 Å². The lowest BCUT2D eigenvalue weighted by atomic mass is 9.96. The number of nitrogens with one attached hydrogen (secondary N) is 1. The third kappa shape index (κ3) is 1.86. The molecule has 2 heterocycles. The minimum absolute atomic E-state index is 0.0165. The monoisotopic (exact) mass is 269 g/mol. The maximum Gasteiger partial charge on any atom is 0.126 e. The summed E-state index contributed by atoms with van der Waals surface area (Å²) in [5, 5.41) is 6.72. The second-order valence-corrected chi connectivity index (χ2v) is 6.15. The number of aromatic nitrogens is 4. The van der Waals surface area contributed by atoms with Crippen LogP contribution >= 0.6 is 0 Å². The molecule has 3 aromatic rings. The van der Waals surface area contributed by atoms with Crippen molar-refractivity contribution in [2.75, 3.05) is 5.73 Å². The summed E-state index contributed by atoms with van der Waals surface area (Å²) >= 11 is 0. The largest absolute Gasteiger partial charge is 0.384 e. The Morgan fingerprint density at radius 2 is 2.00 bits per heavy atom. The molecule has 0 amide bonds. The van der Waals surface area contributed by atoms with Crippen molar-refractivity contribution in [1.82, 2.24) is 19.7 Å². The predicted molar refractivity (Wildman–Crippen MR) is 81.4 cm³/mol. The van der Waals surface area contributed by atoms with E-state index >= 15 is 0 Å². The zero-order chi connectivity index (χ0) is 14.5. The first-order valence-electron chi connectivity index (χ1n) is 6.64. The van der Waals surface area contributed by atoms with Crippen LogP contribution in [0, 0.1) is 0 Å². The zero-order valence-electron chi connectivity index (χ0n) is 12.2. The predicted octanol–water partition coefficient (Wildman–Crippen LogP) is 2.84. The SMILES string of the molecule is Cn1c(C(C)(C)C)nc2cc(-c3cn[nH]c3N)ccc21. The van der Waals surface area contributed by atoms with E-state index in [1.807, 2.05) is 0 Å². The van der Waals surface area contributed by atoms with Crippen LogP contribution < -0.4 is 5.73 Å². The van der Waals surface area contributed by atoms with Crippen LogP contribution in [0.3, 0.4) is 0 Å². The number of benzene rings is 1. The third-order valence-corrected chi connectivity index (χ3v) is 3.53. The van der Waals surface area contributed by atoms with Gasteiger partial charge in [0.2, 0.25) is 0 Å². The van der Waals surface area contributed by atoms with Gasteiger partial charge in [-0.05, 0) is 17.7 Å².